The third-order valence-corrected chi connectivity index (χ3v) is 4.26. The SMILES string of the molecule is O=C(c1c2c(cc3c1OCC3)OCC2)N1CCCC1. The highest BCUT2D eigenvalue weighted by atomic mass is 16.5. The number of carbonyl (C=O) groups is 1. The molecule has 3 heterocycles. The standard InChI is InChI=1S/C15H17NO3/c17-15(16-5-1-2-6-16)13-11-4-8-18-12(11)9-10-3-7-19-14(10)13/h9H,1-8H2. The van der Waals surface area contributed by atoms with Crippen LogP contribution in [0.15, 0.2) is 6.07 Å². The van der Waals surface area contributed by atoms with Crippen LogP contribution >= 0.6 is 0 Å². The maximum atomic E-state index is 12.8. The summed E-state index contributed by atoms with van der Waals surface area (Å²) < 4.78 is 11.4. The zero-order valence-corrected chi connectivity index (χ0v) is 10.9. The zero-order valence-electron chi connectivity index (χ0n) is 10.9. The van der Waals surface area contributed by atoms with Crippen molar-refractivity contribution in [3.63, 3.8) is 0 Å². The van der Waals surface area contributed by atoms with Crippen LogP contribution in [0.2, 0.25) is 0 Å². The van der Waals surface area contributed by atoms with Crippen molar-refractivity contribution in [1.29, 1.82) is 0 Å². The number of likely N-dealkylation sites (tertiary alicyclic amines) is 1. The Bertz CT molecular complexity index is 515. The number of carbonyl (C=O) groups excluding carboxylic acids is 1. The molecule has 4 nitrogen and oxygen atoms in total. The highest BCUT2D eigenvalue weighted by molar-refractivity contribution is 6.00. The molecule has 19 heavy (non-hydrogen) atoms. The molecular formula is C15H17NO3. The second-order valence-corrected chi connectivity index (χ2v) is 5.41. The summed E-state index contributed by atoms with van der Waals surface area (Å²) >= 11 is 0. The number of fused-ring (bicyclic) bond motifs is 2. The lowest BCUT2D eigenvalue weighted by Gasteiger charge is -2.19. The van der Waals surface area contributed by atoms with E-state index in [1.807, 2.05) is 4.90 Å². The van der Waals surface area contributed by atoms with Gasteiger partial charge in [0.25, 0.3) is 5.91 Å². The van der Waals surface area contributed by atoms with E-state index in [0.717, 1.165) is 67.0 Å². The molecule has 0 unspecified atom stereocenters. The molecule has 0 bridgehead atoms. The fourth-order valence-corrected chi connectivity index (χ4v) is 3.29. The van der Waals surface area contributed by atoms with Crippen molar-refractivity contribution in [3.8, 4) is 11.5 Å². The largest absolute Gasteiger partial charge is 0.493 e. The maximum absolute atomic E-state index is 12.8. The Kier molecular flexibility index (Phi) is 2.43. The van der Waals surface area contributed by atoms with E-state index >= 15 is 0 Å². The van der Waals surface area contributed by atoms with Gasteiger partial charge in [-0.3, -0.25) is 4.79 Å². The van der Waals surface area contributed by atoms with Crippen LogP contribution in [-0.4, -0.2) is 37.1 Å². The fraction of sp³-hybridized carbons (Fsp3) is 0.533. The van der Waals surface area contributed by atoms with Gasteiger partial charge in [0.2, 0.25) is 0 Å². The zero-order chi connectivity index (χ0) is 12.8. The minimum absolute atomic E-state index is 0.137. The van der Waals surface area contributed by atoms with Crippen molar-refractivity contribution in [2.24, 2.45) is 0 Å². The minimum atomic E-state index is 0.137. The molecule has 100 valence electrons. The molecule has 1 amide bonds. The molecule has 1 saturated heterocycles. The average Bonchev–Trinajstić information content (AvgIpc) is 3.14. The van der Waals surface area contributed by atoms with Gasteiger partial charge in [0.1, 0.15) is 11.5 Å². The predicted octanol–water partition coefficient (Wildman–Crippen LogP) is 1.79. The Hall–Kier alpha value is -1.71. The summed E-state index contributed by atoms with van der Waals surface area (Å²) in [6, 6.07) is 2.06. The summed E-state index contributed by atoms with van der Waals surface area (Å²) in [6.07, 6.45) is 3.92. The Balaban J connectivity index is 1.84. The first kappa shape index (κ1) is 11.1. The Morgan fingerprint density at radius 1 is 1.11 bits per heavy atom. The van der Waals surface area contributed by atoms with Gasteiger partial charge in [0.15, 0.2) is 0 Å². The van der Waals surface area contributed by atoms with Crippen LogP contribution in [0.25, 0.3) is 0 Å². The van der Waals surface area contributed by atoms with E-state index in [1.54, 1.807) is 0 Å². The van der Waals surface area contributed by atoms with Crippen LogP contribution in [0.1, 0.15) is 34.3 Å². The van der Waals surface area contributed by atoms with Gasteiger partial charge in [-0.25, -0.2) is 0 Å². The second kappa shape index (κ2) is 4.15. The quantitative estimate of drug-likeness (QED) is 0.772. The van der Waals surface area contributed by atoms with E-state index in [-0.39, 0.29) is 5.91 Å². The molecule has 0 aromatic heterocycles. The first-order valence-corrected chi connectivity index (χ1v) is 7.08. The summed E-state index contributed by atoms with van der Waals surface area (Å²) in [5.74, 6) is 1.85. The highest BCUT2D eigenvalue weighted by Crippen LogP contribution is 2.41. The molecule has 1 aromatic carbocycles. The molecule has 3 aliphatic rings. The van der Waals surface area contributed by atoms with Crippen LogP contribution in [0.4, 0.5) is 0 Å². The molecule has 0 spiro atoms. The molecule has 1 aromatic rings. The number of amides is 1. The van der Waals surface area contributed by atoms with E-state index < -0.39 is 0 Å². The average molecular weight is 259 g/mol. The van der Waals surface area contributed by atoms with Crippen LogP contribution in [-0.2, 0) is 12.8 Å². The molecule has 1 fully saturated rings. The van der Waals surface area contributed by atoms with E-state index in [4.69, 9.17) is 9.47 Å². The summed E-state index contributed by atoms with van der Waals surface area (Å²) in [4.78, 5) is 14.7. The van der Waals surface area contributed by atoms with Gasteiger partial charge in [-0.05, 0) is 18.9 Å². The van der Waals surface area contributed by atoms with Crippen LogP contribution in [0.5, 0.6) is 11.5 Å². The van der Waals surface area contributed by atoms with Crippen LogP contribution in [0, 0.1) is 0 Å². The molecule has 0 saturated carbocycles. The summed E-state index contributed by atoms with van der Waals surface area (Å²) in [6.45, 7) is 3.10. The molecule has 4 rings (SSSR count). The lowest BCUT2D eigenvalue weighted by Crippen LogP contribution is -2.28. The molecule has 0 N–H and O–H groups in total. The topological polar surface area (TPSA) is 38.8 Å². The van der Waals surface area contributed by atoms with Crippen molar-refractivity contribution >= 4 is 5.91 Å². The van der Waals surface area contributed by atoms with Gasteiger partial charge in [0.05, 0.1) is 18.8 Å². The summed E-state index contributed by atoms with van der Waals surface area (Å²) in [5.41, 5.74) is 2.96. The van der Waals surface area contributed by atoms with Crippen LogP contribution in [0.3, 0.4) is 0 Å². The second-order valence-electron chi connectivity index (χ2n) is 5.41. The smallest absolute Gasteiger partial charge is 0.258 e. The molecule has 0 aliphatic carbocycles. The van der Waals surface area contributed by atoms with E-state index in [9.17, 15) is 4.79 Å². The Morgan fingerprint density at radius 3 is 2.74 bits per heavy atom. The van der Waals surface area contributed by atoms with Gasteiger partial charge < -0.3 is 14.4 Å². The maximum Gasteiger partial charge on any atom is 0.258 e. The van der Waals surface area contributed by atoms with Crippen LogP contribution < -0.4 is 9.47 Å². The number of hydrogen-bond donors (Lipinski definition) is 0. The van der Waals surface area contributed by atoms with Gasteiger partial charge >= 0.3 is 0 Å². The van der Waals surface area contributed by atoms with Crippen molar-refractivity contribution in [2.75, 3.05) is 26.3 Å². The third-order valence-electron chi connectivity index (χ3n) is 4.26. The van der Waals surface area contributed by atoms with Gasteiger partial charge in [-0.15, -0.1) is 0 Å². The fourth-order valence-electron chi connectivity index (χ4n) is 3.29. The first-order chi connectivity index (χ1) is 9.34. The number of rotatable bonds is 1. The molecule has 0 atom stereocenters. The van der Waals surface area contributed by atoms with Crippen molar-refractivity contribution < 1.29 is 14.3 Å². The molecule has 0 radical (unpaired) electrons. The van der Waals surface area contributed by atoms with E-state index in [0.29, 0.717) is 13.2 Å². The number of nitrogens with zero attached hydrogens (tertiary/aromatic N) is 1. The van der Waals surface area contributed by atoms with Crippen molar-refractivity contribution in [3.05, 3.63) is 22.8 Å². The number of ether oxygens (including phenoxy) is 2. The van der Waals surface area contributed by atoms with Gasteiger partial charge in [-0.2, -0.15) is 0 Å². The summed E-state index contributed by atoms with van der Waals surface area (Å²) in [5, 5.41) is 0. The molecule has 4 heteroatoms. The number of benzene rings is 1. The number of hydrogen-bond acceptors (Lipinski definition) is 3. The Labute approximate surface area is 112 Å². The van der Waals surface area contributed by atoms with Crippen molar-refractivity contribution in [1.82, 2.24) is 4.90 Å². The van der Waals surface area contributed by atoms with Gasteiger partial charge in [0, 0.05) is 37.1 Å². The lowest BCUT2D eigenvalue weighted by molar-refractivity contribution is 0.0788. The molecule has 3 aliphatic heterocycles. The minimum Gasteiger partial charge on any atom is -0.493 e. The normalized spacial score (nSPS) is 19.9. The lowest BCUT2D eigenvalue weighted by atomic mass is 9.98. The van der Waals surface area contributed by atoms with Crippen molar-refractivity contribution in [2.45, 2.75) is 25.7 Å². The highest BCUT2D eigenvalue weighted by Gasteiger charge is 2.33. The van der Waals surface area contributed by atoms with Gasteiger partial charge in [-0.1, -0.05) is 0 Å². The molecular weight excluding hydrogens is 242 g/mol. The van der Waals surface area contributed by atoms with E-state index in [1.165, 1.54) is 0 Å². The first-order valence-electron chi connectivity index (χ1n) is 7.08. The summed E-state index contributed by atoms with van der Waals surface area (Å²) in [7, 11) is 0. The monoisotopic (exact) mass is 259 g/mol. The van der Waals surface area contributed by atoms with E-state index in [2.05, 4.69) is 6.07 Å². The Morgan fingerprint density at radius 2 is 1.89 bits per heavy atom. The third kappa shape index (κ3) is 1.62. The predicted molar refractivity (Wildman–Crippen MR) is 70.0 cm³/mol.